The van der Waals surface area contributed by atoms with Crippen molar-refractivity contribution in [3.63, 3.8) is 0 Å². The van der Waals surface area contributed by atoms with Crippen LogP contribution in [0.25, 0.3) is 0 Å². The van der Waals surface area contributed by atoms with Crippen LogP contribution in [-0.4, -0.2) is 26.5 Å². The van der Waals surface area contributed by atoms with Crippen molar-refractivity contribution in [3.05, 3.63) is 76.6 Å². The third kappa shape index (κ3) is 4.03. The summed E-state index contributed by atoms with van der Waals surface area (Å²) < 4.78 is 27.7. The second-order valence-corrected chi connectivity index (χ2v) is 5.60. The topological polar surface area (TPSA) is 83.6 Å². The molecule has 0 aliphatic heterocycles. The Morgan fingerprint density at radius 3 is 2.64 bits per heavy atom. The average Bonchev–Trinajstić information content (AvgIpc) is 3.11. The van der Waals surface area contributed by atoms with E-state index in [2.05, 4.69) is 25.9 Å². The molecule has 0 bridgehead atoms. The SMILES string of the molecule is Cc1ccc(CC(=O)N[C@H](c2nn[nH]n2)c2cc(F)ccc2F)cc1. The van der Waals surface area contributed by atoms with E-state index >= 15 is 0 Å². The predicted molar refractivity (Wildman–Crippen MR) is 85.4 cm³/mol. The highest BCUT2D eigenvalue weighted by molar-refractivity contribution is 5.79. The molecule has 3 aromatic rings. The minimum Gasteiger partial charge on any atom is -0.341 e. The van der Waals surface area contributed by atoms with E-state index in [1.165, 1.54) is 0 Å². The molecule has 6 nitrogen and oxygen atoms in total. The number of H-pyrrole nitrogens is 1. The van der Waals surface area contributed by atoms with Crippen LogP contribution in [0.1, 0.15) is 28.6 Å². The molecule has 1 atom stereocenters. The minimum atomic E-state index is -1.05. The third-order valence-electron chi connectivity index (χ3n) is 3.68. The fourth-order valence-corrected chi connectivity index (χ4v) is 2.41. The Kier molecular flexibility index (Phi) is 4.78. The largest absolute Gasteiger partial charge is 0.341 e. The molecule has 0 aliphatic carbocycles. The van der Waals surface area contributed by atoms with Crippen LogP contribution in [-0.2, 0) is 11.2 Å². The molecule has 128 valence electrons. The summed E-state index contributed by atoms with van der Waals surface area (Å²) in [5.41, 5.74) is 1.81. The number of aromatic amines is 1. The summed E-state index contributed by atoms with van der Waals surface area (Å²) in [4.78, 5) is 12.4. The molecule has 0 saturated heterocycles. The molecule has 0 radical (unpaired) electrons. The molecule has 25 heavy (non-hydrogen) atoms. The van der Waals surface area contributed by atoms with Gasteiger partial charge in [-0.05, 0) is 30.7 Å². The van der Waals surface area contributed by atoms with Crippen molar-refractivity contribution in [2.45, 2.75) is 19.4 Å². The highest BCUT2D eigenvalue weighted by Crippen LogP contribution is 2.22. The molecule has 1 aromatic heterocycles. The lowest BCUT2D eigenvalue weighted by Gasteiger charge is -2.17. The van der Waals surface area contributed by atoms with Gasteiger partial charge in [-0.3, -0.25) is 4.79 Å². The van der Waals surface area contributed by atoms with E-state index in [-0.39, 0.29) is 23.7 Å². The summed E-state index contributed by atoms with van der Waals surface area (Å²) in [6.07, 6.45) is 0.0889. The minimum absolute atomic E-state index is 0.0433. The van der Waals surface area contributed by atoms with Gasteiger partial charge >= 0.3 is 0 Å². The summed E-state index contributed by atoms with van der Waals surface area (Å²) in [6.45, 7) is 1.95. The van der Waals surface area contributed by atoms with Gasteiger partial charge in [0.25, 0.3) is 0 Å². The van der Waals surface area contributed by atoms with E-state index in [1.807, 2.05) is 31.2 Å². The Morgan fingerprint density at radius 2 is 1.96 bits per heavy atom. The Morgan fingerprint density at radius 1 is 1.20 bits per heavy atom. The van der Waals surface area contributed by atoms with E-state index in [4.69, 9.17) is 0 Å². The molecule has 1 heterocycles. The number of carbonyl (C=O) groups is 1. The molecule has 3 rings (SSSR count). The summed E-state index contributed by atoms with van der Waals surface area (Å²) in [7, 11) is 0. The van der Waals surface area contributed by atoms with Crippen LogP contribution in [0, 0.1) is 18.6 Å². The van der Waals surface area contributed by atoms with Crippen LogP contribution in [0.2, 0.25) is 0 Å². The molecule has 0 saturated carbocycles. The lowest BCUT2D eigenvalue weighted by molar-refractivity contribution is -0.121. The maximum atomic E-state index is 14.1. The van der Waals surface area contributed by atoms with Crippen molar-refractivity contribution < 1.29 is 13.6 Å². The maximum absolute atomic E-state index is 14.1. The number of aryl methyl sites for hydroxylation is 1. The van der Waals surface area contributed by atoms with Gasteiger partial charge in [0, 0.05) is 5.56 Å². The van der Waals surface area contributed by atoms with Crippen LogP contribution in [0.4, 0.5) is 8.78 Å². The van der Waals surface area contributed by atoms with Crippen molar-refractivity contribution in [2.75, 3.05) is 0 Å². The van der Waals surface area contributed by atoms with Crippen LogP contribution in [0.15, 0.2) is 42.5 Å². The second-order valence-electron chi connectivity index (χ2n) is 5.60. The summed E-state index contributed by atoms with van der Waals surface area (Å²) in [5, 5.41) is 15.9. The molecule has 1 amide bonds. The van der Waals surface area contributed by atoms with Gasteiger partial charge in [-0.2, -0.15) is 5.21 Å². The van der Waals surface area contributed by atoms with Crippen molar-refractivity contribution in [1.82, 2.24) is 25.9 Å². The highest BCUT2D eigenvalue weighted by Gasteiger charge is 2.24. The number of nitrogens with zero attached hydrogens (tertiary/aromatic N) is 3. The first-order valence-electron chi connectivity index (χ1n) is 7.56. The van der Waals surface area contributed by atoms with Gasteiger partial charge in [-0.15, -0.1) is 10.2 Å². The Hall–Kier alpha value is -3.16. The van der Waals surface area contributed by atoms with Gasteiger partial charge < -0.3 is 5.32 Å². The van der Waals surface area contributed by atoms with E-state index in [0.717, 1.165) is 29.3 Å². The first kappa shape index (κ1) is 16.7. The number of tetrazole rings is 1. The standard InChI is InChI=1S/C17H15F2N5O/c1-10-2-4-11(5-3-10)8-15(25)20-16(17-21-23-24-22-17)13-9-12(18)6-7-14(13)19/h2-7,9,16H,8H2,1H3,(H,20,25)(H,21,22,23,24)/t16-/m0/s1. The van der Waals surface area contributed by atoms with Gasteiger partial charge in [-0.25, -0.2) is 8.78 Å². The third-order valence-corrected chi connectivity index (χ3v) is 3.68. The highest BCUT2D eigenvalue weighted by atomic mass is 19.1. The van der Waals surface area contributed by atoms with Crippen molar-refractivity contribution >= 4 is 5.91 Å². The molecule has 8 heteroatoms. The fraction of sp³-hybridized carbons (Fsp3) is 0.176. The molecular weight excluding hydrogens is 328 g/mol. The van der Waals surface area contributed by atoms with Gasteiger partial charge in [0.05, 0.1) is 6.42 Å². The maximum Gasteiger partial charge on any atom is 0.225 e. The van der Waals surface area contributed by atoms with Gasteiger partial charge in [-0.1, -0.05) is 35.0 Å². The first-order valence-corrected chi connectivity index (χ1v) is 7.56. The smallest absolute Gasteiger partial charge is 0.225 e. The summed E-state index contributed by atoms with van der Waals surface area (Å²) in [5.74, 6) is -1.63. The number of rotatable bonds is 5. The number of aromatic nitrogens is 4. The lowest BCUT2D eigenvalue weighted by Crippen LogP contribution is -2.32. The zero-order valence-corrected chi connectivity index (χ0v) is 13.3. The number of benzene rings is 2. The van der Waals surface area contributed by atoms with E-state index in [0.29, 0.717) is 0 Å². The molecule has 0 unspecified atom stereocenters. The Bertz CT molecular complexity index is 865. The first-order chi connectivity index (χ1) is 12.0. The average molecular weight is 343 g/mol. The van der Waals surface area contributed by atoms with Crippen LogP contribution < -0.4 is 5.32 Å². The molecule has 2 N–H and O–H groups in total. The quantitative estimate of drug-likeness (QED) is 0.744. The van der Waals surface area contributed by atoms with Crippen LogP contribution in [0.5, 0.6) is 0 Å². The van der Waals surface area contributed by atoms with Crippen molar-refractivity contribution in [1.29, 1.82) is 0 Å². The Balaban J connectivity index is 1.84. The van der Waals surface area contributed by atoms with E-state index in [9.17, 15) is 13.6 Å². The fourth-order valence-electron chi connectivity index (χ4n) is 2.41. The lowest BCUT2D eigenvalue weighted by atomic mass is 10.0. The number of nitrogens with one attached hydrogen (secondary N) is 2. The zero-order chi connectivity index (χ0) is 17.8. The molecule has 0 spiro atoms. The zero-order valence-electron chi connectivity index (χ0n) is 13.3. The van der Waals surface area contributed by atoms with Crippen LogP contribution >= 0.6 is 0 Å². The summed E-state index contributed by atoms with van der Waals surface area (Å²) >= 11 is 0. The number of amides is 1. The van der Waals surface area contributed by atoms with Gasteiger partial charge in [0.15, 0.2) is 0 Å². The van der Waals surface area contributed by atoms with Gasteiger partial charge in [0.2, 0.25) is 11.7 Å². The van der Waals surface area contributed by atoms with E-state index in [1.54, 1.807) is 0 Å². The van der Waals surface area contributed by atoms with E-state index < -0.39 is 17.7 Å². The number of carbonyl (C=O) groups excluding carboxylic acids is 1. The number of halogens is 2. The Labute approximate surface area is 142 Å². The summed E-state index contributed by atoms with van der Waals surface area (Å²) in [6, 6.07) is 9.40. The van der Waals surface area contributed by atoms with Gasteiger partial charge in [0.1, 0.15) is 17.7 Å². The van der Waals surface area contributed by atoms with Crippen molar-refractivity contribution in [3.8, 4) is 0 Å². The van der Waals surface area contributed by atoms with Crippen molar-refractivity contribution in [2.24, 2.45) is 0 Å². The molecule has 2 aromatic carbocycles. The molecular formula is C17H15F2N5O. The number of hydrogen-bond donors (Lipinski definition) is 2. The molecule has 0 fully saturated rings. The molecule has 0 aliphatic rings. The normalized spacial score (nSPS) is 12.0. The number of hydrogen-bond acceptors (Lipinski definition) is 4. The second kappa shape index (κ2) is 7.16. The monoisotopic (exact) mass is 343 g/mol. The van der Waals surface area contributed by atoms with Crippen LogP contribution in [0.3, 0.4) is 0 Å². The predicted octanol–water partition coefficient (Wildman–Crippen LogP) is 2.23.